The maximum atomic E-state index is 12.8. The molecule has 0 saturated carbocycles. The van der Waals surface area contributed by atoms with E-state index in [2.05, 4.69) is 33.0 Å². The minimum atomic E-state index is -0.189. The Hall–Kier alpha value is -2.38. The Kier molecular flexibility index (Phi) is 5.64. The van der Waals surface area contributed by atoms with E-state index in [-0.39, 0.29) is 25.0 Å². The summed E-state index contributed by atoms with van der Waals surface area (Å²) in [5.41, 5.74) is 1.93. The van der Waals surface area contributed by atoms with Crippen LogP contribution in [0.3, 0.4) is 0 Å². The number of carbonyl (C=O) groups excluding carboxylic acids is 2. The summed E-state index contributed by atoms with van der Waals surface area (Å²) in [4.78, 5) is 30.9. The Morgan fingerprint density at radius 2 is 1.79 bits per heavy atom. The second-order valence-electron chi connectivity index (χ2n) is 7.02. The first-order chi connectivity index (χ1) is 13.6. The molecule has 2 aromatic carbocycles. The zero-order valence-corrected chi connectivity index (χ0v) is 17.1. The van der Waals surface area contributed by atoms with Crippen LogP contribution in [0.5, 0.6) is 5.75 Å². The van der Waals surface area contributed by atoms with Crippen LogP contribution in [-0.4, -0.2) is 60.9 Å². The van der Waals surface area contributed by atoms with E-state index < -0.39 is 0 Å². The van der Waals surface area contributed by atoms with Crippen molar-refractivity contribution in [2.45, 2.75) is 6.54 Å². The van der Waals surface area contributed by atoms with Gasteiger partial charge in [-0.25, -0.2) is 0 Å². The van der Waals surface area contributed by atoms with Gasteiger partial charge in [-0.1, -0.05) is 46.3 Å². The van der Waals surface area contributed by atoms with Gasteiger partial charge in [0, 0.05) is 37.2 Å². The molecule has 2 amide bonds. The molecule has 2 aliphatic rings. The third kappa shape index (κ3) is 4.20. The predicted molar refractivity (Wildman–Crippen MR) is 110 cm³/mol. The molecule has 7 heteroatoms. The van der Waals surface area contributed by atoms with E-state index in [0.29, 0.717) is 24.5 Å². The molecule has 0 spiro atoms. The van der Waals surface area contributed by atoms with Crippen LogP contribution in [0.1, 0.15) is 5.56 Å². The summed E-state index contributed by atoms with van der Waals surface area (Å²) in [5.74, 6) is 0.406. The third-order valence-corrected chi connectivity index (χ3v) is 5.63. The smallest absolute Gasteiger partial charge is 0.265 e. The van der Waals surface area contributed by atoms with Gasteiger partial charge in [0.15, 0.2) is 6.61 Å². The highest BCUT2D eigenvalue weighted by Crippen LogP contribution is 2.34. The van der Waals surface area contributed by atoms with E-state index in [1.54, 1.807) is 0 Å². The van der Waals surface area contributed by atoms with Crippen molar-refractivity contribution in [3.05, 3.63) is 58.6 Å². The van der Waals surface area contributed by atoms with Crippen LogP contribution in [0.25, 0.3) is 0 Å². The van der Waals surface area contributed by atoms with Gasteiger partial charge in [0.25, 0.3) is 5.91 Å². The maximum absolute atomic E-state index is 12.8. The molecule has 2 heterocycles. The molecule has 2 aliphatic heterocycles. The Bertz CT molecular complexity index is 866. The van der Waals surface area contributed by atoms with Crippen LogP contribution in [-0.2, 0) is 16.1 Å². The molecule has 146 valence electrons. The fraction of sp³-hybridized carbons (Fsp3) is 0.333. The minimum absolute atomic E-state index is 0.0246. The van der Waals surface area contributed by atoms with Crippen molar-refractivity contribution in [2.24, 2.45) is 0 Å². The van der Waals surface area contributed by atoms with Crippen molar-refractivity contribution in [3.8, 4) is 5.75 Å². The number of carbonyl (C=O) groups is 2. The van der Waals surface area contributed by atoms with E-state index in [9.17, 15) is 9.59 Å². The topological polar surface area (TPSA) is 53.1 Å². The molecule has 0 aromatic heterocycles. The fourth-order valence-corrected chi connectivity index (χ4v) is 3.92. The number of hydrogen-bond acceptors (Lipinski definition) is 4. The van der Waals surface area contributed by atoms with Crippen molar-refractivity contribution in [1.29, 1.82) is 0 Å². The lowest BCUT2D eigenvalue weighted by Crippen LogP contribution is -2.52. The second kappa shape index (κ2) is 8.32. The van der Waals surface area contributed by atoms with Gasteiger partial charge in [0.2, 0.25) is 5.91 Å². The number of hydrogen-bond donors (Lipinski definition) is 0. The predicted octanol–water partition coefficient (Wildman–Crippen LogP) is 2.52. The summed E-state index contributed by atoms with van der Waals surface area (Å²) < 4.78 is 6.37. The molecule has 2 aromatic rings. The van der Waals surface area contributed by atoms with Crippen molar-refractivity contribution in [2.75, 3.05) is 44.2 Å². The molecule has 4 rings (SSSR count). The zero-order valence-electron chi connectivity index (χ0n) is 15.5. The van der Waals surface area contributed by atoms with Gasteiger partial charge >= 0.3 is 0 Å². The van der Waals surface area contributed by atoms with Crippen LogP contribution in [0.4, 0.5) is 5.69 Å². The largest absolute Gasteiger partial charge is 0.482 e. The van der Waals surface area contributed by atoms with E-state index in [1.807, 2.05) is 41.3 Å². The van der Waals surface area contributed by atoms with Gasteiger partial charge in [-0.15, -0.1) is 0 Å². The summed E-state index contributed by atoms with van der Waals surface area (Å²) in [6.45, 7) is 3.93. The molecule has 1 fully saturated rings. The van der Waals surface area contributed by atoms with E-state index in [1.165, 1.54) is 10.5 Å². The van der Waals surface area contributed by atoms with Gasteiger partial charge in [-0.2, -0.15) is 0 Å². The summed E-state index contributed by atoms with van der Waals surface area (Å²) >= 11 is 3.40. The molecular formula is C21H22BrN3O3. The average molecular weight is 444 g/mol. The van der Waals surface area contributed by atoms with E-state index >= 15 is 0 Å². The Morgan fingerprint density at radius 1 is 1.04 bits per heavy atom. The molecule has 0 bridgehead atoms. The number of fused-ring (bicyclic) bond motifs is 1. The number of benzene rings is 2. The summed E-state index contributed by atoms with van der Waals surface area (Å²) in [6.07, 6.45) is 0. The lowest BCUT2D eigenvalue weighted by atomic mass is 10.2. The van der Waals surface area contributed by atoms with E-state index in [0.717, 1.165) is 24.1 Å². The van der Waals surface area contributed by atoms with Crippen LogP contribution < -0.4 is 9.64 Å². The maximum Gasteiger partial charge on any atom is 0.265 e. The number of anilines is 1. The van der Waals surface area contributed by atoms with Crippen molar-refractivity contribution in [1.82, 2.24) is 9.80 Å². The zero-order chi connectivity index (χ0) is 19.5. The highest BCUT2D eigenvalue weighted by Gasteiger charge is 2.30. The molecule has 6 nitrogen and oxygen atoms in total. The number of piperazine rings is 1. The first-order valence-electron chi connectivity index (χ1n) is 9.37. The van der Waals surface area contributed by atoms with Gasteiger partial charge in [0.1, 0.15) is 12.3 Å². The second-order valence-corrected chi connectivity index (χ2v) is 7.94. The number of halogens is 1. The number of amides is 2. The van der Waals surface area contributed by atoms with Gasteiger partial charge in [-0.3, -0.25) is 19.4 Å². The lowest BCUT2D eigenvalue weighted by molar-refractivity contribution is -0.133. The molecular weight excluding hydrogens is 422 g/mol. The molecule has 0 aliphatic carbocycles. The van der Waals surface area contributed by atoms with Gasteiger partial charge in [-0.05, 0) is 23.8 Å². The highest BCUT2D eigenvalue weighted by atomic mass is 79.9. The number of rotatable bonds is 4. The fourth-order valence-electron chi connectivity index (χ4n) is 3.58. The average Bonchev–Trinajstić information content (AvgIpc) is 2.71. The minimum Gasteiger partial charge on any atom is -0.482 e. The number of ether oxygens (including phenoxy) is 1. The van der Waals surface area contributed by atoms with Crippen molar-refractivity contribution in [3.63, 3.8) is 0 Å². The van der Waals surface area contributed by atoms with Crippen molar-refractivity contribution >= 4 is 33.4 Å². The van der Waals surface area contributed by atoms with Gasteiger partial charge in [0.05, 0.1) is 5.69 Å². The highest BCUT2D eigenvalue weighted by molar-refractivity contribution is 9.10. The van der Waals surface area contributed by atoms with Gasteiger partial charge < -0.3 is 9.64 Å². The first-order valence-corrected chi connectivity index (χ1v) is 10.2. The quantitative estimate of drug-likeness (QED) is 0.728. The van der Waals surface area contributed by atoms with Crippen LogP contribution in [0, 0.1) is 0 Å². The molecule has 0 unspecified atom stereocenters. The summed E-state index contributed by atoms with van der Waals surface area (Å²) in [6, 6.07) is 15.8. The monoisotopic (exact) mass is 443 g/mol. The Balaban J connectivity index is 1.35. The van der Waals surface area contributed by atoms with Crippen LogP contribution in [0.15, 0.2) is 53.0 Å². The Morgan fingerprint density at radius 3 is 2.54 bits per heavy atom. The molecule has 0 atom stereocenters. The summed E-state index contributed by atoms with van der Waals surface area (Å²) in [7, 11) is 0. The van der Waals surface area contributed by atoms with E-state index in [4.69, 9.17) is 4.74 Å². The molecule has 1 saturated heterocycles. The molecule has 0 radical (unpaired) electrons. The lowest BCUT2D eigenvalue weighted by Gasteiger charge is -2.36. The standard InChI is InChI=1S/C21H22BrN3O3/c22-17-6-7-18-19(12-17)28-15-21(27)25(18)14-20(26)24-10-8-23(9-11-24)13-16-4-2-1-3-5-16/h1-7,12H,8-11,13-15H2. The summed E-state index contributed by atoms with van der Waals surface area (Å²) in [5, 5.41) is 0. The SMILES string of the molecule is O=C(CN1C(=O)COc2cc(Br)ccc21)N1CCN(Cc2ccccc2)CC1. The van der Waals surface area contributed by atoms with Crippen molar-refractivity contribution < 1.29 is 14.3 Å². The van der Waals surface area contributed by atoms with Crippen LogP contribution >= 0.6 is 15.9 Å². The first kappa shape index (κ1) is 19.0. The molecule has 28 heavy (non-hydrogen) atoms. The van der Waals surface area contributed by atoms with Crippen LogP contribution in [0.2, 0.25) is 0 Å². The normalized spacial score (nSPS) is 17.2. The Labute approximate surface area is 172 Å². The molecule has 0 N–H and O–H groups in total. The number of nitrogens with zero attached hydrogens (tertiary/aromatic N) is 3. The third-order valence-electron chi connectivity index (χ3n) is 5.13.